The summed E-state index contributed by atoms with van der Waals surface area (Å²) in [5.41, 5.74) is 0.819. The number of aliphatic hydroxyl groups is 2. The highest BCUT2D eigenvalue weighted by molar-refractivity contribution is 5.37. The number of rotatable bonds is 1. The number of fused-ring (bicyclic) bond motifs is 8. The molecular formula is C36H58O6. The van der Waals surface area contributed by atoms with Crippen LogP contribution in [0.1, 0.15) is 114 Å². The van der Waals surface area contributed by atoms with Gasteiger partial charge in [-0.25, -0.2) is 0 Å². The average Bonchev–Trinajstić information content (AvgIpc) is 2.87. The highest BCUT2D eigenvalue weighted by atomic mass is 16.7. The predicted molar refractivity (Wildman–Crippen MR) is 161 cm³/mol. The summed E-state index contributed by atoms with van der Waals surface area (Å²) in [5, 5.41) is 23.0. The molecule has 0 aromatic heterocycles. The molecule has 6 nitrogen and oxygen atoms in total. The Morgan fingerprint density at radius 3 is 2.17 bits per heavy atom. The summed E-state index contributed by atoms with van der Waals surface area (Å²) in [6, 6.07) is 0. The van der Waals surface area contributed by atoms with Crippen LogP contribution in [0.3, 0.4) is 0 Å². The largest absolute Gasteiger partial charge is 0.396 e. The molecule has 42 heavy (non-hydrogen) atoms. The van der Waals surface area contributed by atoms with Crippen LogP contribution in [0, 0.1) is 50.2 Å². The summed E-state index contributed by atoms with van der Waals surface area (Å²) in [4.78, 5) is 0. The molecule has 5 aliphatic carbocycles. The van der Waals surface area contributed by atoms with Crippen LogP contribution in [0.15, 0.2) is 11.6 Å². The third-order valence-electron chi connectivity index (χ3n) is 15.1. The SMILES string of the molecule is CC1(C)OC[C@]2(C)C3CC[C@]4(C)C(CC=C5[C@@H]6CC(C)(C)[C@@H](O)[C@@H]7OC(C)(C)O[C@H](C[C@]54C)[C@]67CO)[C@@]3(C)CC[C@@H]2O1. The van der Waals surface area contributed by atoms with Gasteiger partial charge in [-0.2, -0.15) is 0 Å². The summed E-state index contributed by atoms with van der Waals surface area (Å²) < 4.78 is 26.4. The maximum absolute atomic E-state index is 11.7. The molecule has 6 heteroatoms. The van der Waals surface area contributed by atoms with Crippen molar-refractivity contribution in [2.45, 2.75) is 150 Å². The van der Waals surface area contributed by atoms with Gasteiger partial charge in [-0.1, -0.05) is 53.2 Å². The van der Waals surface area contributed by atoms with Crippen LogP contribution in [0.2, 0.25) is 0 Å². The van der Waals surface area contributed by atoms with E-state index in [-0.39, 0.29) is 51.8 Å². The third-order valence-corrected chi connectivity index (χ3v) is 15.1. The van der Waals surface area contributed by atoms with Crippen molar-refractivity contribution < 1.29 is 29.2 Å². The molecule has 7 aliphatic rings. The van der Waals surface area contributed by atoms with Gasteiger partial charge in [0, 0.05) is 5.41 Å². The Balaban J connectivity index is 1.32. The van der Waals surface area contributed by atoms with Crippen molar-refractivity contribution in [3.63, 3.8) is 0 Å². The minimum atomic E-state index is -0.815. The van der Waals surface area contributed by atoms with E-state index in [9.17, 15) is 10.2 Å². The van der Waals surface area contributed by atoms with Gasteiger partial charge in [-0.05, 0) is 112 Å². The van der Waals surface area contributed by atoms with Gasteiger partial charge in [-0.3, -0.25) is 0 Å². The van der Waals surface area contributed by atoms with Gasteiger partial charge in [0.2, 0.25) is 0 Å². The summed E-state index contributed by atoms with van der Waals surface area (Å²) in [6.07, 6.45) is 9.00. The van der Waals surface area contributed by atoms with Crippen molar-refractivity contribution in [3.8, 4) is 0 Å². The lowest BCUT2D eigenvalue weighted by molar-refractivity contribution is -0.403. The number of hydrogen-bond acceptors (Lipinski definition) is 6. The number of aliphatic hydroxyl groups excluding tert-OH is 2. The van der Waals surface area contributed by atoms with Crippen molar-refractivity contribution in [1.82, 2.24) is 0 Å². The van der Waals surface area contributed by atoms with Crippen molar-refractivity contribution in [3.05, 3.63) is 11.6 Å². The van der Waals surface area contributed by atoms with Gasteiger partial charge in [0.05, 0.1) is 43.0 Å². The molecule has 0 radical (unpaired) electrons. The maximum atomic E-state index is 11.7. The van der Waals surface area contributed by atoms with E-state index in [4.69, 9.17) is 18.9 Å². The van der Waals surface area contributed by atoms with E-state index in [2.05, 4.69) is 61.5 Å². The molecule has 0 bridgehead atoms. The van der Waals surface area contributed by atoms with Gasteiger partial charge in [0.15, 0.2) is 11.6 Å². The number of ether oxygens (including phenoxy) is 4. The summed E-state index contributed by atoms with van der Waals surface area (Å²) >= 11 is 0. The first-order chi connectivity index (χ1) is 19.3. The molecule has 2 saturated heterocycles. The van der Waals surface area contributed by atoms with E-state index in [0.717, 1.165) is 32.3 Å². The number of allylic oxidation sites excluding steroid dienone is 2. The van der Waals surface area contributed by atoms with Crippen molar-refractivity contribution in [1.29, 1.82) is 0 Å². The van der Waals surface area contributed by atoms with Gasteiger partial charge in [0.1, 0.15) is 0 Å². The average molecular weight is 587 g/mol. The van der Waals surface area contributed by atoms with Crippen LogP contribution in [0.5, 0.6) is 0 Å². The van der Waals surface area contributed by atoms with Crippen molar-refractivity contribution >= 4 is 0 Å². The monoisotopic (exact) mass is 586 g/mol. The van der Waals surface area contributed by atoms with Gasteiger partial charge in [0.25, 0.3) is 0 Å². The lowest BCUT2D eigenvalue weighted by Crippen LogP contribution is -2.75. The zero-order valence-electron chi connectivity index (χ0n) is 28.0. The molecule has 0 aromatic carbocycles. The lowest BCUT2D eigenvalue weighted by atomic mass is 9.33. The second-order valence-corrected chi connectivity index (χ2v) is 18.3. The molecule has 0 amide bonds. The normalized spacial score (nSPS) is 57.0. The van der Waals surface area contributed by atoms with Crippen LogP contribution < -0.4 is 0 Å². The Kier molecular flexibility index (Phi) is 6.21. The van der Waals surface area contributed by atoms with E-state index in [0.29, 0.717) is 11.8 Å². The van der Waals surface area contributed by atoms with Crippen LogP contribution in [0.4, 0.5) is 0 Å². The molecule has 0 spiro atoms. The van der Waals surface area contributed by atoms with E-state index in [1.807, 2.05) is 13.8 Å². The van der Waals surface area contributed by atoms with Crippen molar-refractivity contribution in [2.75, 3.05) is 13.2 Å². The molecule has 2 aliphatic heterocycles. The quantitative estimate of drug-likeness (QED) is 0.336. The fourth-order valence-electron chi connectivity index (χ4n) is 12.7. The fourth-order valence-corrected chi connectivity index (χ4v) is 12.7. The zero-order valence-corrected chi connectivity index (χ0v) is 28.0. The highest BCUT2D eigenvalue weighted by Gasteiger charge is 2.75. The van der Waals surface area contributed by atoms with Gasteiger partial charge in [-0.15, -0.1) is 0 Å². The predicted octanol–water partition coefficient (Wildman–Crippen LogP) is 6.62. The number of hydrogen-bond donors (Lipinski definition) is 2. The lowest BCUT2D eigenvalue weighted by Gasteiger charge is -2.74. The molecule has 12 atom stereocenters. The second kappa shape index (κ2) is 8.64. The first kappa shape index (κ1) is 30.2. The Morgan fingerprint density at radius 2 is 1.48 bits per heavy atom. The summed E-state index contributed by atoms with van der Waals surface area (Å²) in [7, 11) is 0. The third kappa shape index (κ3) is 3.55. The van der Waals surface area contributed by atoms with Crippen LogP contribution in [0.25, 0.3) is 0 Å². The molecule has 238 valence electrons. The Hall–Kier alpha value is -0.500. The topological polar surface area (TPSA) is 77.4 Å². The molecule has 4 saturated carbocycles. The Bertz CT molecular complexity index is 1180. The Labute approximate surface area is 254 Å². The second-order valence-electron chi connectivity index (χ2n) is 18.3. The summed E-state index contributed by atoms with van der Waals surface area (Å²) in [5.74, 6) is -0.0923. The van der Waals surface area contributed by atoms with Gasteiger partial charge >= 0.3 is 0 Å². The Morgan fingerprint density at radius 1 is 0.786 bits per heavy atom. The zero-order chi connectivity index (χ0) is 30.5. The minimum absolute atomic E-state index is 0.0257. The molecule has 6 fully saturated rings. The summed E-state index contributed by atoms with van der Waals surface area (Å²) in [6.45, 7) is 23.4. The highest BCUT2D eigenvalue weighted by Crippen LogP contribution is 2.77. The van der Waals surface area contributed by atoms with Crippen LogP contribution >= 0.6 is 0 Å². The molecule has 2 heterocycles. The molecule has 0 aromatic rings. The van der Waals surface area contributed by atoms with E-state index in [1.165, 1.54) is 24.8 Å². The fraction of sp³-hybridized carbons (Fsp3) is 0.944. The van der Waals surface area contributed by atoms with E-state index >= 15 is 0 Å². The van der Waals surface area contributed by atoms with Gasteiger partial charge < -0.3 is 29.2 Å². The minimum Gasteiger partial charge on any atom is -0.396 e. The van der Waals surface area contributed by atoms with Crippen LogP contribution in [-0.2, 0) is 18.9 Å². The first-order valence-corrected chi connectivity index (χ1v) is 17.0. The van der Waals surface area contributed by atoms with E-state index < -0.39 is 29.2 Å². The van der Waals surface area contributed by atoms with E-state index in [1.54, 1.807) is 0 Å². The standard InChI is InChI=1S/C36H58O6/c1-29(2)17-22-21-11-12-24-32(7)15-14-25-33(8,20-39-30(3,4)40-25)23(32)13-16-34(24,9)35(21,10)18-26-36(22,19-37)28(27(29)38)42-31(5,6)41-26/h11,22-28,37-38H,12-20H2,1-10H3/t22-,23?,24?,25-,26+,27-,28-,32-,33+,34+,35+,36-/m0/s1. The molecular weight excluding hydrogens is 528 g/mol. The van der Waals surface area contributed by atoms with Crippen LogP contribution in [-0.4, -0.2) is 59.4 Å². The first-order valence-electron chi connectivity index (χ1n) is 17.0. The maximum Gasteiger partial charge on any atom is 0.163 e. The molecule has 2 N–H and O–H groups in total. The molecule has 2 unspecified atom stereocenters. The molecule has 7 rings (SSSR count). The smallest absolute Gasteiger partial charge is 0.163 e. The van der Waals surface area contributed by atoms with Crippen molar-refractivity contribution in [2.24, 2.45) is 50.2 Å².